The predicted octanol–water partition coefficient (Wildman–Crippen LogP) is 3.57. The highest BCUT2D eigenvalue weighted by Gasteiger charge is 2.32. The number of rotatable bonds is 3. The zero-order valence-corrected chi connectivity index (χ0v) is 13.9. The van der Waals surface area contributed by atoms with Gasteiger partial charge in [0, 0.05) is 27.6 Å². The molecule has 1 aromatic carbocycles. The number of nitrogens with zero attached hydrogens (tertiary/aromatic N) is 2. The molecule has 1 fully saturated rings. The SMILES string of the molecule is CNC1CSCC1c1nc(-c2ccc(Cl)c(Br)c2)no1. The van der Waals surface area contributed by atoms with Crippen LogP contribution in [-0.4, -0.2) is 34.7 Å². The van der Waals surface area contributed by atoms with Gasteiger partial charge in [0.1, 0.15) is 0 Å². The van der Waals surface area contributed by atoms with Crippen LogP contribution in [0.25, 0.3) is 11.4 Å². The number of halogens is 2. The Morgan fingerprint density at radius 2 is 2.30 bits per heavy atom. The zero-order valence-electron chi connectivity index (χ0n) is 10.8. The first-order chi connectivity index (χ1) is 9.69. The molecule has 7 heteroatoms. The molecule has 4 nitrogen and oxygen atoms in total. The molecule has 2 aromatic rings. The molecule has 1 N–H and O–H groups in total. The third kappa shape index (κ3) is 2.74. The summed E-state index contributed by atoms with van der Waals surface area (Å²) in [5.41, 5.74) is 0.892. The smallest absolute Gasteiger partial charge is 0.232 e. The maximum Gasteiger partial charge on any atom is 0.232 e. The van der Waals surface area contributed by atoms with E-state index in [2.05, 4.69) is 31.4 Å². The molecule has 3 rings (SSSR count). The lowest BCUT2D eigenvalue weighted by Gasteiger charge is -2.13. The first kappa shape index (κ1) is 14.4. The van der Waals surface area contributed by atoms with E-state index in [4.69, 9.17) is 16.1 Å². The van der Waals surface area contributed by atoms with E-state index in [1.54, 1.807) is 0 Å². The Morgan fingerprint density at radius 1 is 1.45 bits per heavy atom. The number of likely N-dealkylation sites (N-methyl/N-ethyl adjacent to an activating group) is 1. The van der Waals surface area contributed by atoms with Crippen LogP contribution in [0.2, 0.25) is 5.02 Å². The molecule has 1 saturated heterocycles. The summed E-state index contributed by atoms with van der Waals surface area (Å²) in [4.78, 5) is 4.54. The fourth-order valence-electron chi connectivity index (χ4n) is 2.22. The molecule has 2 heterocycles. The van der Waals surface area contributed by atoms with E-state index in [1.165, 1.54) is 0 Å². The first-order valence-electron chi connectivity index (χ1n) is 6.23. The van der Waals surface area contributed by atoms with E-state index >= 15 is 0 Å². The lowest BCUT2D eigenvalue weighted by atomic mass is 10.0. The van der Waals surface area contributed by atoms with Crippen LogP contribution in [-0.2, 0) is 0 Å². The molecular weight excluding hydrogens is 362 g/mol. The van der Waals surface area contributed by atoms with Gasteiger partial charge in [-0.15, -0.1) is 0 Å². The highest BCUT2D eigenvalue weighted by Crippen LogP contribution is 2.33. The van der Waals surface area contributed by atoms with Crippen molar-refractivity contribution in [3.63, 3.8) is 0 Å². The van der Waals surface area contributed by atoms with Gasteiger partial charge in [0.15, 0.2) is 0 Å². The molecule has 106 valence electrons. The van der Waals surface area contributed by atoms with Crippen LogP contribution in [0.15, 0.2) is 27.2 Å². The van der Waals surface area contributed by atoms with E-state index in [0.29, 0.717) is 22.8 Å². The molecule has 0 spiro atoms. The van der Waals surface area contributed by atoms with Gasteiger partial charge in [0.2, 0.25) is 11.7 Å². The molecule has 0 radical (unpaired) electrons. The van der Waals surface area contributed by atoms with Crippen LogP contribution in [0.3, 0.4) is 0 Å². The van der Waals surface area contributed by atoms with Crippen LogP contribution in [0.4, 0.5) is 0 Å². The van der Waals surface area contributed by atoms with Crippen molar-refractivity contribution < 1.29 is 4.52 Å². The van der Waals surface area contributed by atoms with Gasteiger partial charge in [-0.1, -0.05) is 16.8 Å². The van der Waals surface area contributed by atoms with Gasteiger partial charge < -0.3 is 9.84 Å². The van der Waals surface area contributed by atoms with Crippen molar-refractivity contribution >= 4 is 39.3 Å². The number of aromatic nitrogens is 2. The Hall–Kier alpha value is -0.560. The van der Waals surface area contributed by atoms with Crippen LogP contribution >= 0.6 is 39.3 Å². The first-order valence-corrected chi connectivity index (χ1v) is 8.55. The molecule has 1 aromatic heterocycles. The van der Waals surface area contributed by atoms with Gasteiger partial charge >= 0.3 is 0 Å². The minimum absolute atomic E-state index is 0.280. The Labute approximate surface area is 134 Å². The lowest BCUT2D eigenvalue weighted by Crippen LogP contribution is -2.31. The molecule has 2 unspecified atom stereocenters. The van der Waals surface area contributed by atoms with Gasteiger partial charge in [-0.25, -0.2) is 0 Å². The Bertz CT molecular complexity index is 621. The van der Waals surface area contributed by atoms with Crippen molar-refractivity contribution in [3.8, 4) is 11.4 Å². The standard InChI is InChI=1S/C13H13BrClN3OS/c1-16-11-6-20-5-8(11)13-17-12(18-19-13)7-2-3-10(15)9(14)4-7/h2-4,8,11,16H,5-6H2,1H3. The van der Waals surface area contributed by atoms with Gasteiger partial charge in [0.25, 0.3) is 0 Å². The molecule has 0 bridgehead atoms. The molecule has 1 aliphatic heterocycles. The highest BCUT2D eigenvalue weighted by molar-refractivity contribution is 9.10. The van der Waals surface area contributed by atoms with E-state index in [9.17, 15) is 0 Å². The largest absolute Gasteiger partial charge is 0.339 e. The average Bonchev–Trinajstić information content (AvgIpc) is 3.09. The van der Waals surface area contributed by atoms with Crippen molar-refractivity contribution in [2.24, 2.45) is 0 Å². The second-order valence-corrected chi connectivity index (χ2v) is 6.96. The topological polar surface area (TPSA) is 51.0 Å². The molecule has 0 amide bonds. The van der Waals surface area contributed by atoms with Crippen molar-refractivity contribution in [3.05, 3.63) is 33.6 Å². The third-order valence-corrected chi connectivity index (χ3v) is 5.79. The summed E-state index contributed by atoms with van der Waals surface area (Å²) < 4.78 is 6.27. The maximum absolute atomic E-state index is 5.99. The van der Waals surface area contributed by atoms with E-state index in [0.717, 1.165) is 21.5 Å². The normalized spacial score (nSPS) is 22.4. The maximum atomic E-state index is 5.99. The van der Waals surface area contributed by atoms with Crippen molar-refractivity contribution in [1.29, 1.82) is 0 Å². The Kier molecular flexibility index (Phi) is 4.35. The summed E-state index contributed by atoms with van der Waals surface area (Å²) in [6.45, 7) is 0. The molecular formula is C13H13BrClN3OS. The minimum atomic E-state index is 0.280. The van der Waals surface area contributed by atoms with Crippen LogP contribution in [0.1, 0.15) is 11.8 Å². The number of hydrogen-bond donors (Lipinski definition) is 1. The second kappa shape index (κ2) is 6.05. The van der Waals surface area contributed by atoms with Gasteiger partial charge in [-0.3, -0.25) is 0 Å². The summed E-state index contributed by atoms with van der Waals surface area (Å²) in [5.74, 6) is 3.67. The molecule has 2 atom stereocenters. The Balaban J connectivity index is 1.88. The predicted molar refractivity (Wildman–Crippen MR) is 85.4 cm³/mol. The summed E-state index contributed by atoms with van der Waals surface area (Å²) in [7, 11) is 1.97. The molecule has 0 saturated carbocycles. The lowest BCUT2D eigenvalue weighted by molar-refractivity contribution is 0.344. The van der Waals surface area contributed by atoms with Gasteiger partial charge in [-0.05, 0) is 41.2 Å². The number of hydrogen-bond acceptors (Lipinski definition) is 5. The van der Waals surface area contributed by atoms with Gasteiger partial charge in [0.05, 0.1) is 10.9 Å². The van der Waals surface area contributed by atoms with Gasteiger partial charge in [-0.2, -0.15) is 16.7 Å². The summed E-state index contributed by atoms with van der Waals surface area (Å²) >= 11 is 11.3. The monoisotopic (exact) mass is 373 g/mol. The van der Waals surface area contributed by atoms with E-state index < -0.39 is 0 Å². The number of benzene rings is 1. The van der Waals surface area contributed by atoms with Crippen LogP contribution in [0, 0.1) is 0 Å². The number of nitrogens with one attached hydrogen (secondary N) is 1. The molecule has 0 aliphatic carbocycles. The number of thioether (sulfide) groups is 1. The summed E-state index contributed by atoms with van der Waals surface area (Å²) in [6, 6.07) is 6.00. The quantitative estimate of drug-likeness (QED) is 0.890. The summed E-state index contributed by atoms with van der Waals surface area (Å²) in [6.07, 6.45) is 0. The summed E-state index contributed by atoms with van der Waals surface area (Å²) in [5, 5.41) is 8.05. The third-order valence-electron chi connectivity index (χ3n) is 3.39. The van der Waals surface area contributed by atoms with Crippen LogP contribution < -0.4 is 5.32 Å². The molecule has 1 aliphatic rings. The van der Waals surface area contributed by atoms with Crippen LogP contribution in [0.5, 0.6) is 0 Å². The highest BCUT2D eigenvalue weighted by atomic mass is 79.9. The minimum Gasteiger partial charge on any atom is -0.339 e. The fourth-order valence-corrected chi connectivity index (χ4v) is 4.13. The van der Waals surface area contributed by atoms with E-state index in [-0.39, 0.29) is 5.92 Å². The second-order valence-electron chi connectivity index (χ2n) is 4.62. The van der Waals surface area contributed by atoms with Crippen molar-refractivity contribution in [1.82, 2.24) is 15.5 Å². The molecule has 20 heavy (non-hydrogen) atoms. The fraction of sp³-hybridized carbons (Fsp3) is 0.385. The zero-order chi connectivity index (χ0) is 14.1. The average molecular weight is 375 g/mol. The van der Waals surface area contributed by atoms with Crippen molar-refractivity contribution in [2.75, 3.05) is 18.6 Å². The van der Waals surface area contributed by atoms with Crippen molar-refractivity contribution in [2.45, 2.75) is 12.0 Å². The van der Waals surface area contributed by atoms with E-state index in [1.807, 2.05) is 37.0 Å². The Morgan fingerprint density at radius 3 is 3.05 bits per heavy atom.